The second-order valence-corrected chi connectivity index (χ2v) is 6.52. The Labute approximate surface area is 139 Å². The average molecular weight is 341 g/mol. The van der Waals surface area contributed by atoms with Gasteiger partial charge in [0.2, 0.25) is 5.91 Å². The standard InChI is InChI=1S/C17H22F3N3O/c18-17(19,20)14-5-3-13(4-6-14)15-16(24)22-8-9-23(15)11-12-2-1-7-21-10-12/h3-6,12,15,21H,1-2,7-11H2,(H,22,24). The lowest BCUT2D eigenvalue weighted by Crippen LogP contribution is -2.52. The van der Waals surface area contributed by atoms with Gasteiger partial charge in [-0.2, -0.15) is 13.2 Å². The molecule has 2 atom stereocenters. The molecule has 0 saturated carbocycles. The van der Waals surface area contributed by atoms with Gasteiger partial charge >= 0.3 is 6.18 Å². The number of piperidine rings is 1. The maximum atomic E-state index is 12.7. The van der Waals surface area contributed by atoms with Gasteiger partial charge < -0.3 is 10.6 Å². The molecule has 2 aliphatic rings. The fraction of sp³-hybridized carbons (Fsp3) is 0.588. The number of hydrogen-bond acceptors (Lipinski definition) is 3. The molecule has 2 N–H and O–H groups in total. The van der Waals surface area contributed by atoms with E-state index < -0.39 is 17.8 Å². The zero-order valence-corrected chi connectivity index (χ0v) is 13.4. The predicted molar refractivity (Wildman–Crippen MR) is 84.4 cm³/mol. The van der Waals surface area contributed by atoms with Gasteiger partial charge in [0.05, 0.1) is 5.56 Å². The predicted octanol–water partition coefficient (Wildman–Crippen LogP) is 2.18. The second kappa shape index (κ2) is 7.11. The number of piperazine rings is 1. The van der Waals surface area contributed by atoms with E-state index in [-0.39, 0.29) is 5.91 Å². The van der Waals surface area contributed by atoms with Crippen LogP contribution < -0.4 is 10.6 Å². The summed E-state index contributed by atoms with van der Waals surface area (Å²) in [5.74, 6) is 0.339. The Kier molecular flexibility index (Phi) is 5.10. The number of nitrogens with zero attached hydrogens (tertiary/aromatic N) is 1. The Morgan fingerprint density at radius 3 is 2.54 bits per heavy atom. The molecule has 2 aliphatic heterocycles. The van der Waals surface area contributed by atoms with Crippen LogP contribution in [-0.4, -0.2) is 43.5 Å². The van der Waals surface area contributed by atoms with E-state index >= 15 is 0 Å². The number of hydrogen-bond donors (Lipinski definition) is 2. The Morgan fingerprint density at radius 1 is 1.17 bits per heavy atom. The van der Waals surface area contributed by atoms with E-state index in [1.165, 1.54) is 12.1 Å². The molecule has 1 aromatic rings. The number of alkyl halides is 3. The molecule has 2 saturated heterocycles. The number of benzene rings is 1. The molecule has 0 radical (unpaired) electrons. The summed E-state index contributed by atoms with van der Waals surface area (Å²) in [5, 5.41) is 6.19. The summed E-state index contributed by atoms with van der Waals surface area (Å²) in [5.41, 5.74) is -0.0746. The summed E-state index contributed by atoms with van der Waals surface area (Å²) in [6.45, 7) is 4.04. The van der Waals surface area contributed by atoms with Crippen LogP contribution in [-0.2, 0) is 11.0 Å². The summed E-state index contributed by atoms with van der Waals surface area (Å²) >= 11 is 0. The molecular weight excluding hydrogens is 319 g/mol. The Balaban J connectivity index is 1.77. The average Bonchev–Trinajstić information content (AvgIpc) is 2.55. The number of nitrogens with one attached hydrogen (secondary N) is 2. The molecule has 0 spiro atoms. The summed E-state index contributed by atoms with van der Waals surface area (Å²) in [4.78, 5) is 14.4. The number of rotatable bonds is 3. The lowest BCUT2D eigenvalue weighted by Gasteiger charge is -2.38. The SMILES string of the molecule is O=C1NCCN(CC2CCCNC2)C1c1ccc(C(F)(F)F)cc1. The lowest BCUT2D eigenvalue weighted by molar-refractivity contribution is -0.137. The molecule has 132 valence electrons. The zero-order valence-electron chi connectivity index (χ0n) is 13.4. The first kappa shape index (κ1) is 17.2. The van der Waals surface area contributed by atoms with Crippen LogP contribution in [0.1, 0.15) is 30.0 Å². The van der Waals surface area contributed by atoms with Crippen LogP contribution in [0.3, 0.4) is 0 Å². The second-order valence-electron chi connectivity index (χ2n) is 6.52. The van der Waals surface area contributed by atoms with Crippen LogP contribution in [0.15, 0.2) is 24.3 Å². The third-order valence-corrected chi connectivity index (χ3v) is 4.76. The van der Waals surface area contributed by atoms with Crippen LogP contribution >= 0.6 is 0 Å². The van der Waals surface area contributed by atoms with Crippen LogP contribution in [0, 0.1) is 5.92 Å². The summed E-state index contributed by atoms with van der Waals surface area (Å²) in [6, 6.07) is 4.44. The molecule has 3 rings (SSSR count). The zero-order chi connectivity index (χ0) is 17.2. The summed E-state index contributed by atoms with van der Waals surface area (Å²) in [7, 11) is 0. The molecule has 2 unspecified atom stereocenters. The molecule has 24 heavy (non-hydrogen) atoms. The number of carbonyl (C=O) groups excluding carboxylic acids is 1. The van der Waals surface area contributed by atoms with Crippen molar-refractivity contribution >= 4 is 5.91 Å². The van der Waals surface area contributed by atoms with Gasteiger partial charge in [-0.3, -0.25) is 9.69 Å². The lowest BCUT2D eigenvalue weighted by atomic mass is 9.95. The number of carbonyl (C=O) groups is 1. The van der Waals surface area contributed by atoms with Crippen molar-refractivity contribution < 1.29 is 18.0 Å². The highest BCUT2D eigenvalue weighted by Crippen LogP contribution is 2.31. The molecule has 2 fully saturated rings. The first-order valence-corrected chi connectivity index (χ1v) is 8.35. The van der Waals surface area contributed by atoms with Crippen molar-refractivity contribution in [1.29, 1.82) is 0 Å². The van der Waals surface area contributed by atoms with Gasteiger partial charge in [-0.1, -0.05) is 12.1 Å². The van der Waals surface area contributed by atoms with Gasteiger partial charge in [-0.05, 0) is 49.5 Å². The molecule has 0 bridgehead atoms. The smallest absolute Gasteiger partial charge is 0.353 e. The van der Waals surface area contributed by atoms with E-state index in [1.54, 1.807) is 0 Å². The van der Waals surface area contributed by atoms with Crippen molar-refractivity contribution in [1.82, 2.24) is 15.5 Å². The van der Waals surface area contributed by atoms with E-state index in [2.05, 4.69) is 15.5 Å². The molecule has 4 nitrogen and oxygen atoms in total. The number of amides is 1. The topological polar surface area (TPSA) is 44.4 Å². The minimum absolute atomic E-state index is 0.134. The van der Waals surface area contributed by atoms with Crippen LogP contribution in [0.5, 0.6) is 0 Å². The monoisotopic (exact) mass is 341 g/mol. The minimum Gasteiger partial charge on any atom is -0.353 e. The largest absolute Gasteiger partial charge is 0.416 e. The molecule has 0 aromatic heterocycles. The molecule has 1 aromatic carbocycles. The van der Waals surface area contributed by atoms with Gasteiger partial charge in [-0.15, -0.1) is 0 Å². The molecule has 1 amide bonds. The van der Waals surface area contributed by atoms with E-state index in [0.29, 0.717) is 24.6 Å². The fourth-order valence-electron chi connectivity index (χ4n) is 3.54. The van der Waals surface area contributed by atoms with E-state index in [1.807, 2.05) is 0 Å². The third kappa shape index (κ3) is 3.89. The molecule has 0 aliphatic carbocycles. The van der Waals surface area contributed by atoms with Gasteiger partial charge in [-0.25, -0.2) is 0 Å². The normalized spacial score (nSPS) is 26.2. The van der Waals surface area contributed by atoms with Crippen LogP contribution in [0.25, 0.3) is 0 Å². The highest BCUT2D eigenvalue weighted by Gasteiger charge is 2.34. The van der Waals surface area contributed by atoms with Crippen molar-refractivity contribution in [2.24, 2.45) is 5.92 Å². The van der Waals surface area contributed by atoms with Crippen molar-refractivity contribution in [2.45, 2.75) is 25.1 Å². The van der Waals surface area contributed by atoms with Crippen molar-refractivity contribution in [2.75, 3.05) is 32.7 Å². The Bertz CT molecular complexity index is 567. The Morgan fingerprint density at radius 2 is 1.92 bits per heavy atom. The first-order chi connectivity index (χ1) is 11.4. The van der Waals surface area contributed by atoms with Gasteiger partial charge in [0, 0.05) is 19.6 Å². The maximum Gasteiger partial charge on any atom is 0.416 e. The van der Waals surface area contributed by atoms with Crippen molar-refractivity contribution in [3.8, 4) is 0 Å². The highest BCUT2D eigenvalue weighted by atomic mass is 19.4. The molecular formula is C17H22F3N3O. The quantitative estimate of drug-likeness (QED) is 0.886. The van der Waals surface area contributed by atoms with Crippen LogP contribution in [0.4, 0.5) is 13.2 Å². The molecule has 2 heterocycles. The minimum atomic E-state index is -4.36. The van der Waals surface area contributed by atoms with E-state index in [4.69, 9.17) is 0 Å². The third-order valence-electron chi connectivity index (χ3n) is 4.76. The first-order valence-electron chi connectivity index (χ1n) is 8.35. The van der Waals surface area contributed by atoms with E-state index in [0.717, 1.165) is 44.6 Å². The van der Waals surface area contributed by atoms with Crippen molar-refractivity contribution in [3.63, 3.8) is 0 Å². The Hall–Kier alpha value is -1.60. The summed E-state index contributed by atoms with van der Waals surface area (Å²) in [6.07, 6.45) is -2.12. The highest BCUT2D eigenvalue weighted by molar-refractivity contribution is 5.83. The van der Waals surface area contributed by atoms with Gasteiger partial charge in [0.25, 0.3) is 0 Å². The van der Waals surface area contributed by atoms with E-state index in [9.17, 15) is 18.0 Å². The van der Waals surface area contributed by atoms with Crippen LogP contribution in [0.2, 0.25) is 0 Å². The van der Waals surface area contributed by atoms with Gasteiger partial charge in [0.15, 0.2) is 0 Å². The fourth-order valence-corrected chi connectivity index (χ4v) is 3.54. The molecule has 7 heteroatoms. The summed E-state index contributed by atoms with van der Waals surface area (Å²) < 4.78 is 38.2. The maximum absolute atomic E-state index is 12.7. The van der Waals surface area contributed by atoms with Crippen molar-refractivity contribution in [3.05, 3.63) is 35.4 Å². The van der Waals surface area contributed by atoms with Gasteiger partial charge in [0.1, 0.15) is 6.04 Å². The number of halogens is 3.